The van der Waals surface area contributed by atoms with Gasteiger partial charge >= 0.3 is 6.18 Å². The van der Waals surface area contributed by atoms with Crippen LogP contribution in [0.15, 0.2) is 22.7 Å². The molecule has 2 nitrogen and oxygen atoms in total. The molecule has 16 heavy (non-hydrogen) atoms. The summed E-state index contributed by atoms with van der Waals surface area (Å²) in [5, 5.41) is 9.15. The molecule has 0 bridgehead atoms. The molecule has 1 atom stereocenters. The maximum Gasteiger partial charge on any atom is 0.390 e. The Morgan fingerprint density at radius 3 is 2.38 bits per heavy atom. The van der Waals surface area contributed by atoms with E-state index >= 15 is 0 Å². The molecule has 3 N–H and O–H groups in total. The molecule has 0 aliphatic rings. The van der Waals surface area contributed by atoms with Crippen molar-refractivity contribution in [2.75, 3.05) is 0 Å². The third-order valence-electron chi connectivity index (χ3n) is 1.85. The lowest BCUT2D eigenvalue weighted by atomic mass is 10.0. The first-order chi connectivity index (χ1) is 6.79. The highest BCUT2D eigenvalue weighted by atomic mass is 79.9. The first-order valence-corrected chi connectivity index (χ1v) is 4.89. The van der Waals surface area contributed by atoms with Crippen molar-refractivity contribution in [2.45, 2.75) is 18.6 Å². The Bertz CT molecular complexity index is 359. The van der Waals surface area contributed by atoms with Crippen molar-refractivity contribution >= 4 is 28.3 Å². The van der Waals surface area contributed by atoms with E-state index in [1.807, 2.05) is 0 Å². The number of benzene rings is 1. The third kappa shape index (κ3) is 4.59. The lowest BCUT2D eigenvalue weighted by Crippen LogP contribution is -2.20. The molecule has 0 spiro atoms. The second kappa shape index (κ2) is 5.75. The van der Waals surface area contributed by atoms with E-state index in [1.165, 1.54) is 18.2 Å². The molecule has 0 saturated heterocycles. The molecule has 0 saturated carbocycles. The fourth-order valence-corrected chi connectivity index (χ4v) is 1.52. The maximum atomic E-state index is 12.0. The van der Waals surface area contributed by atoms with Crippen LogP contribution in [0, 0.1) is 0 Å². The van der Waals surface area contributed by atoms with Crippen LogP contribution >= 0.6 is 28.3 Å². The number of phenols is 1. The summed E-state index contributed by atoms with van der Waals surface area (Å²) in [6.07, 6.45) is -5.37. The van der Waals surface area contributed by atoms with Crippen LogP contribution in [0.1, 0.15) is 18.0 Å². The topological polar surface area (TPSA) is 46.2 Å². The van der Waals surface area contributed by atoms with E-state index in [-0.39, 0.29) is 18.2 Å². The van der Waals surface area contributed by atoms with Crippen molar-refractivity contribution in [3.05, 3.63) is 28.2 Å². The lowest BCUT2D eigenvalue weighted by molar-refractivity contribution is -0.138. The number of hydrogen-bond donors (Lipinski definition) is 2. The van der Waals surface area contributed by atoms with Gasteiger partial charge in [-0.15, -0.1) is 12.4 Å². The Labute approximate surface area is 105 Å². The maximum absolute atomic E-state index is 12.0. The second-order valence-corrected chi connectivity index (χ2v) is 3.99. The molecule has 0 aliphatic heterocycles. The van der Waals surface area contributed by atoms with E-state index in [2.05, 4.69) is 15.9 Å². The summed E-state index contributed by atoms with van der Waals surface area (Å²) in [6, 6.07) is 2.94. The summed E-state index contributed by atoms with van der Waals surface area (Å²) in [5.41, 5.74) is 5.71. The molecule has 0 heterocycles. The van der Waals surface area contributed by atoms with Crippen molar-refractivity contribution < 1.29 is 18.3 Å². The van der Waals surface area contributed by atoms with Gasteiger partial charge in [-0.2, -0.15) is 13.2 Å². The van der Waals surface area contributed by atoms with Crippen LogP contribution in [0.5, 0.6) is 5.75 Å². The molecule has 1 aromatic rings. The quantitative estimate of drug-likeness (QED) is 0.875. The minimum atomic E-state index is -4.29. The van der Waals surface area contributed by atoms with Gasteiger partial charge in [0.25, 0.3) is 0 Å². The van der Waals surface area contributed by atoms with Crippen LogP contribution in [-0.4, -0.2) is 11.3 Å². The summed E-state index contributed by atoms with van der Waals surface area (Å²) in [7, 11) is 0. The average molecular weight is 321 g/mol. The highest BCUT2D eigenvalue weighted by molar-refractivity contribution is 9.10. The average Bonchev–Trinajstić information content (AvgIpc) is 2.06. The molecule has 0 unspecified atom stereocenters. The van der Waals surface area contributed by atoms with Crippen molar-refractivity contribution in [3.63, 3.8) is 0 Å². The SMILES string of the molecule is Cl.N[C@H](CC(F)(F)F)c1ccc(O)c(Br)c1. The Hall–Kier alpha value is -0.460. The monoisotopic (exact) mass is 319 g/mol. The smallest absolute Gasteiger partial charge is 0.390 e. The first-order valence-electron chi connectivity index (χ1n) is 4.10. The molecular formula is C9H10BrClF3NO. The number of alkyl halides is 3. The predicted molar refractivity (Wildman–Crippen MR) is 60.7 cm³/mol. The fraction of sp³-hybridized carbons (Fsp3) is 0.333. The highest BCUT2D eigenvalue weighted by Crippen LogP contribution is 2.31. The highest BCUT2D eigenvalue weighted by Gasteiger charge is 2.30. The van der Waals surface area contributed by atoms with Crippen LogP contribution in [0.2, 0.25) is 0 Å². The normalized spacial score (nSPS) is 13.1. The van der Waals surface area contributed by atoms with Crippen LogP contribution in [0.25, 0.3) is 0 Å². The minimum Gasteiger partial charge on any atom is -0.507 e. The zero-order valence-corrected chi connectivity index (χ0v) is 10.4. The van der Waals surface area contributed by atoms with Crippen molar-refractivity contribution in [3.8, 4) is 5.75 Å². The van der Waals surface area contributed by atoms with Crippen LogP contribution < -0.4 is 5.73 Å². The van der Waals surface area contributed by atoms with E-state index in [1.54, 1.807) is 0 Å². The fourth-order valence-electron chi connectivity index (χ4n) is 1.12. The Balaban J connectivity index is 0.00000225. The summed E-state index contributed by atoms with van der Waals surface area (Å²) >= 11 is 3.01. The molecule has 0 aromatic heterocycles. The first kappa shape index (κ1) is 15.5. The van der Waals surface area contributed by atoms with Gasteiger partial charge in [-0.1, -0.05) is 6.07 Å². The number of nitrogens with two attached hydrogens (primary N) is 1. The van der Waals surface area contributed by atoms with E-state index < -0.39 is 18.6 Å². The number of aromatic hydroxyl groups is 1. The van der Waals surface area contributed by atoms with E-state index in [0.717, 1.165) is 0 Å². The van der Waals surface area contributed by atoms with Gasteiger partial charge in [0.1, 0.15) is 5.75 Å². The molecule has 92 valence electrons. The summed E-state index contributed by atoms with van der Waals surface area (Å²) in [4.78, 5) is 0. The number of hydrogen-bond acceptors (Lipinski definition) is 2. The molecular weight excluding hydrogens is 310 g/mol. The van der Waals surface area contributed by atoms with Gasteiger partial charge < -0.3 is 10.8 Å². The van der Waals surface area contributed by atoms with Gasteiger partial charge in [0.05, 0.1) is 10.9 Å². The Morgan fingerprint density at radius 1 is 1.38 bits per heavy atom. The van der Waals surface area contributed by atoms with Crippen LogP contribution in [0.4, 0.5) is 13.2 Å². The van der Waals surface area contributed by atoms with E-state index in [4.69, 9.17) is 10.8 Å². The molecule has 7 heteroatoms. The zero-order chi connectivity index (χ0) is 11.6. The predicted octanol–water partition coefficient (Wildman–Crippen LogP) is 3.53. The van der Waals surface area contributed by atoms with Gasteiger partial charge in [0, 0.05) is 6.04 Å². The van der Waals surface area contributed by atoms with Crippen molar-refractivity contribution in [1.82, 2.24) is 0 Å². The lowest BCUT2D eigenvalue weighted by Gasteiger charge is -2.14. The van der Waals surface area contributed by atoms with Gasteiger partial charge in [-0.3, -0.25) is 0 Å². The van der Waals surface area contributed by atoms with Gasteiger partial charge in [-0.05, 0) is 33.6 Å². The second-order valence-electron chi connectivity index (χ2n) is 3.14. The standard InChI is InChI=1S/C9H9BrF3NO.ClH/c10-6-3-5(1-2-8(6)15)7(14)4-9(11,12)13;/h1-3,7,15H,4,14H2;1H/t7-;/m1./s1. The Morgan fingerprint density at radius 2 is 1.94 bits per heavy atom. The molecule has 1 rings (SSSR count). The molecule has 0 radical (unpaired) electrons. The van der Waals surface area contributed by atoms with E-state index in [9.17, 15) is 13.2 Å². The van der Waals surface area contributed by atoms with Crippen LogP contribution in [-0.2, 0) is 0 Å². The van der Waals surface area contributed by atoms with Crippen molar-refractivity contribution in [1.29, 1.82) is 0 Å². The third-order valence-corrected chi connectivity index (χ3v) is 2.49. The zero-order valence-electron chi connectivity index (χ0n) is 7.96. The number of phenolic OH excluding ortho intramolecular Hbond substituents is 1. The molecule has 0 aliphatic carbocycles. The summed E-state index contributed by atoms with van der Waals surface area (Å²) in [6.45, 7) is 0. The van der Waals surface area contributed by atoms with Crippen LogP contribution in [0.3, 0.4) is 0 Å². The summed E-state index contributed by atoms with van der Waals surface area (Å²) in [5.74, 6) is -0.0297. The molecule has 1 aromatic carbocycles. The van der Waals surface area contributed by atoms with Crippen molar-refractivity contribution in [2.24, 2.45) is 5.73 Å². The Kier molecular flexibility index (Phi) is 5.58. The largest absolute Gasteiger partial charge is 0.507 e. The van der Waals surface area contributed by atoms with Gasteiger partial charge in [-0.25, -0.2) is 0 Å². The molecule has 0 amide bonds. The van der Waals surface area contributed by atoms with Gasteiger partial charge in [0.2, 0.25) is 0 Å². The molecule has 0 fully saturated rings. The minimum absolute atomic E-state index is 0. The van der Waals surface area contributed by atoms with E-state index in [0.29, 0.717) is 10.0 Å². The summed E-state index contributed by atoms with van der Waals surface area (Å²) < 4.78 is 36.4. The number of halogens is 5. The van der Waals surface area contributed by atoms with Gasteiger partial charge in [0.15, 0.2) is 0 Å². The number of rotatable bonds is 2.